The van der Waals surface area contributed by atoms with Gasteiger partial charge in [-0.3, -0.25) is 28.6 Å². The van der Waals surface area contributed by atoms with Crippen LogP contribution >= 0.6 is 35.7 Å². The van der Waals surface area contributed by atoms with Gasteiger partial charge in [0.05, 0.1) is 13.2 Å². The average molecular weight is 1190 g/mol. The minimum absolute atomic E-state index is 0.0388. The van der Waals surface area contributed by atoms with Crippen LogP contribution in [0.15, 0.2) is 189 Å². The number of oxime groups is 1. The van der Waals surface area contributed by atoms with E-state index in [1.807, 2.05) is 159 Å². The number of β-lactam (4-membered cyclic amide) rings is 1. The van der Waals surface area contributed by atoms with Gasteiger partial charge in [0.15, 0.2) is 29.1 Å². The molecule has 2 aromatic heterocycles. The highest BCUT2D eigenvalue weighted by Crippen LogP contribution is 2.44. The maximum atomic E-state index is 15.1. The van der Waals surface area contributed by atoms with Gasteiger partial charge >= 0.3 is 23.1 Å². The number of nitrogens with zero attached hydrogens (tertiary/aromatic N) is 6. The summed E-state index contributed by atoms with van der Waals surface area (Å²) in [7, 11) is 1.37. The molecule has 1 fully saturated rings. The van der Waals surface area contributed by atoms with E-state index in [1.165, 1.54) is 41.1 Å². The predicted molar refractivity (Wildman–Crippen MR) is 324 cm³/mol. The molecule has 2 aliphatic rings. The Hall–Kier alpha value is -8.41. The van der Waals surface area contributed by atoms with Crippen LogP contribution in [0.25, 0.3) is 4.91 Å². The number of thiazole rings is 1. The molecule has 5 aromatic carbocycles. The van der Waals surface area contributed by atoms with Gasteiger partial charge in [0.2, 0.25) is 6.61 Å². The third-order valence-corrected chi connectivity index (χ3v) is 16.1. The maximum absolute atomic E-state index is 15.1. The number of allylic oxidation sites excluding steroid dienone is 1. The van der Waals surface area contributed by atoms with Gasteiger partial charge in [0, 0.05) is 36.3 Å². The van der Waals surface area contributed by atoms with Crippen molar-refractivity contribution in [3.8, 4) is 0 Å². The number of carbonyl (C=O) groups excluding carboxylic acids is 4. The second kappa shape index (κ2) is 28.2. The molecule has 2 unspecified atom stereocenters. The Labute approximate surface area is 498 Å². The van der Waals surface area contributed by atoms with E-state index >= 15 is 4.79 Å². The number of aromatic nitrogens is 4. The van der Waals surface area contributed by atoms with Gasteiger partial charge in [-0.05, 0) is 59.7 Å². The highest BCUT2D eigenvalue weighted by molar-refractivity contribution is 8.00. The lowest BCUT2D eigenvalue weighted by atomic mass is 9.77. The number of rotatable bonds is 26. The molecule has 2 aliphatic heterocycles. The number of nitrogens with one attached hydrogen (secondary N) is 2. The van der Waals surface area contributed by atoms with Gasteiger partial charge in [-0.25, -0.2) is 19.3 Å². The molecule has 4 heterocycles. The maximum Gasteiger partial charge on any atom is 0.356 e. The van der Waals surface area contributed by atoms with Gasteiger partial charge in [-0.1, -0.05) is 170 Å². The molecule has 22 heteroatoms. The quantitative estimate of drug-likeness (QED) is 0.00535. The second-order valence-electron chi connectivity index (χ2n) is 19.2. The van der Waals surface area contributed by atoms with E-state index in [0.29, 0.717) is 22.7 Å². The van der Waals surface area contributed by atoms with Crippen LogP contribution in [0, 0.1) is 0 Å². The number of amides is 2. The fraction of sp³-hybridized carbons (Fsp3) is 0.274. The number of ether oxygens (including phenoxy) is 4. The predicted octanol–water partition coefficient (Wildman–Crippen LogP) is 8.22. The number of hydrogen-bond acceptors (Lipinski definition) is 18. The fourth-order valence-corrected chi connectivity index (χ4v) is 12.0. The van der Waals surface area contributed by atoms with E-state index in [0.717, 1.165) is 32.4 Å². The molecule has 0 saturated carbocycles. The van der Waals surface area contributed by atoms with Gasteiger partial charge in [-0.15, -0.1) is 35.7 Å². The Balaban J connectivity index is 1.07. The standard InChI is InChI=1S/C62H62N8O11S3/c1-5-8-34-79-48(71)37-80-67-50(46-39-84-61(63-46)65-62(43-28-18-11-19-29-43,44-30-20-12-21-31-44)45-32-22-13-23-33-45)55(72)64-51-56(73)70-52(60(76)81-53(40-24-14-9-15-25-40)41-26-16-10-17-27-41)42(38-83-59(51)70)35-47(82)54-66-69(58(75)57(74)68(54)4)36-49(77-6-2)78-7-3/h9-33,35,39,49,51,53,59,82H,5-8,34,36-38H2,1-4H3,(H,63,65)(H,64,72). The number of hydrogen-bond donors (Lipinski definition) is 3. The second-order valence-corrected chi connectivity index (χ2v) is 21.6. The first-order chi connectivity index (χ1) is 40.9. The third kappa shape index (κ3) is 13.5. The Kier molecular flexibility index (Phi) is 20.2. The monoisotopic (exact) mass is 1190 g/mol. The van der Waals surface area contributed by atoms with Crippen molar-refractivity contribution in [2.24, 2.45) is 12.2 Å². The topological polar surface area (TPSA) is 224 Å². The Morgan fingerprint density at radius 2 is 1.36 bits per heavy atom. The third-order valence-electron chi connectivity index (χ3n) is 13.7. The zero-order valence-corrected chi connectivity index (χ0v) is 49.0. The van der Waals surface area contributed by atoms with Crippen LogP contribution < -0.4 is 21.8 Å². The van der Waals surface area contributed by atoms with Crippen molar-refractivity contribution in [3.63, 3.8) is 0 Å². The van der Waals surface area contributed by atoms with Crippen molar-refractivity contribution >= 4 is 75.2 Å². The summed E-state index contributed by atoms with van der Waals surface area (Å²) in [5.74, 6) is -3.11. The van der Waals surface area contributed by atoms with Crippen molar-refractivity contribution in [1.29, 1.82) is 0 Å². The molecule has 0 radical (unpaired) electrons. The van der Waals surface area contributed by atoms with Crippen LogP contribution in [0.4, 0.5) is 5.13 Å². The highest BCUT2D eigenvalue weighted by atomic mass is 32.2. The number of thioether (sulfide) groups is 1. The number of carbonyl (C=O) groups is 4. The molecular weight excluding hydrogens is 1130 g/mol. The van der Waals surface area contributed by atoms with Crippen LogP contribution in [0.2, 0.25) is 0 Å². The minimum Gasteiger partial charge on any atom is -0.463 e. The summed E-state index contributed by atoms with van der Waals surface area (Å²) >= 11 is 7.23. The highest BCUT2D eigenvalue weighted by Gasteiger charge is 2.55. The summed E-state index contributed by atoms with van der Waals surface area (Å²) in [6.45, 7) is 5.36. The zero-order chi connectivity index (χ0) is 59.2. The molecule has 2 amide bonds. The first kappa shape index (κ1) is 60.2. The molecule has 0 spiro atoms. The summed E-state index contributed by atoms with van der Waals surface area (Å²) in [6, 6.07) is 46.7. The number of unbranched alkanes of at least 4 members (excludes halogenated alkanes) is 1. The average Bonchev–Trinajstić information content (AvgIpc) is 4.02. The van der Waals surface area contributed by atoms with Crippen molar-refractivity contribution in [2.45, 2.75) is 69.5 Å². The van der Waals surface area contributed by atoms with E-state index in [2.05, 4.69) is 20.9 Å². The van der Waals surface area contributed by atoms with Crippen LogP contribution in [-0.2, 0) is 62.1 Å². The lowest BCUT2D eigenvalue weighted by Crippen LogP contribution is -2.71. The number of thiol groups is 1. The first-order valence-corrected chi connectivity index (χ1v) is 29.6. The lowest BCUT2D eigenvalue weighted by Gasteiger charge is -2.49. The van der Waals surface area contributed by atoms with Crippen LogP contribution in [-0.4, -0.2) is 104 Å². The molecule has 0 bridgehead atoms. The molecule has 9 rings (SSSR count). The fourth-order valence-electron chi connectivity index (χ4n) is 9.63. The van der Waals surface area contributed by atoms with Crippen LogP contribution in [0.1, 0.15) is 79.1 Å². The molecule has 2 atom stereocenters. The largest absolute Gasteiger partial charge is 0.463 e. The summed E-state index contributed by atoms with van der Waals surface area (Å²) in [4.78, 5) is 96.0. The van der Waals surface area contributed by atoms with Gasteiger partial charge in [0.25, 0.3) is 11.8 Å². The van der Waals surface area contributed by atoms with E-state index in [-0.39, 0.29) is 65.5 Å². The van der Waals surface area contributed by atoms with Crippen LogP contribution in [0.3, 0.4) is 0 Å². The molecule has 0 aliphatic carbocycles. The van der Waals surface area contributed by atoms with Crippen molar-refractivity contribution in [3.05, 3.63) is 234 Å². The van der Waals surface area contributed by atoms with Gasteiger partial charge in [-0.2, -0.15) is 5.10 Å². The number of fused-ring (bicyclic) bond motifs is 1. The summed E-state index contributed by atoms with van der Waals surface area (Å²) in [5, 5.41) is 16.3. The molecule has 7 aromatic rings. The summed E-state index contributed by atoms with van der Waals surface area (Å²) < 4.78 is 25.0. The smallest absolute Gasteiger partial charge is 0.356 e. The number of esters is 2. The number of benzene rings is 5. The zero-order valence-electron chi connectivity index (χ0n) is 46.5. The Morgan fingerprint density at radius 1 is 0.798 bits per heavy atom. The lowest BCUT2D eigenvalue weighted by molar-refractivity contribution is -0.154. The van der Waals surface area contributed by atoms with E-state index in [9.17, 15) is 24.0 Å². The summed E-state index contributed by atoms with van der Waals surface area (Å²) in [5.41, 5.74) is 1.03. The Morgan fingerprint density at radius 3 is 1.90 bits per heavy atom. The Bertz CT molecular complexity index is 3520. The number of anilines is 1. The van der Waals surface area contributed by atoms with Crippen molar-refractivity contribution in [1.82, 2.24) is 29.5 Å². The van der Waals surface area contributed by atoms with Gasteiger partial charge < -0.3 is 34.4 Å². The van der Waals surface area contributed by atoms with Gasteiger partial charge in [0.1, 0.15) is 28.3 Å². The van der Waals surface area contributed by atoms with Crippen molar-refractivity contribution < 1.29 is 43.0 Å². The molecular formula is C62H62N8O11S3. The van der Waals surface area contributed by atoms with E-state index < -0.39 is 70.8 Å². The molecule has 2 N–H and O–H groups in total. The summed E-state index contributed by atoms with van der Waals surface area (Å²) in [6.07, 6.45) is 1.11. The minimum atomic E-state index is -1.23. The van der Waals surface area contributed by atoms with Crippen LogP contribution in [0.5, 0.6) is 0 Å². The van der Waals surface area contributed by atoms with E-state index in [1.54, 1.807) is 19.2 Å². The van der Waals surface area contributed by atoms with Crippen molar-refractivity contribution in [2.75, 3.05) is 37.5 Å². The SMILES string of the molecule is CCCCOC(=O)CON=C(C(=O)NC1C(=O)N2C(C(=O)OC(c3ccccc3)c3ccccc3)=C(C=C(S)c3nn(CC(OCC)OCC)c(=O)c(=O)n3C)CSC12)c1csc(NC(c2ccccc2)(c2ccccc2)c2ccccc2)n1. The molecule has 84 heavy (non-hydrogen) atoms. The molecule has 19 nitrogen and oxygen atoms in total. The molecule has 434 valence electrons. The first-order valence-electron chi connectivity index (χ1n) is 27.2. The molecule has 1 saturated heterocycles. The normalized spacial score (nSPS) is 15.4. The van der Waals surface area contributed by atoms with E-state index in [4.69, 9.17) is 41.4 Å².